The Kier molecular flexibility index (Phi) is 4.88. The summed E-state index contributed by atoms with van der Waals surface area (Å²) in [6.45, 7) is 0.422. The molecule has 0 atom stereocenters. The first-order valence-corrected chi connectivity index (χ1v) is 4.88. The third-order valence-electron chi connectivity index (χ3n) is 2.27. The second kappa shape index (κ2) is 6.19. The minimum absolute atomic E-state index is 0.422. The average molecular weight is 227 g/mol. The average Bonchev–Trinajstić information content (AvgIpc) is 2.34. The molecular formula is C11H17NO4. The van der Waals surface area contributed by atoms with Crippen LogP contribution in [-0.4, -0.2) is 27.9 Å². The number of rotatable bonds is 6. The van der Waals surface area contributed by atoms with Gasteiger partial charge in [-0.05, 0) is 6.07 Å². The van der Waals surface area contributed by atoms with Gasteiger partial charge in [0.05, 0.1) is 27.9 Å². The van der Waals surface area contributed by atoms with Gasteiger partial charge in [0.2, 0.25) is 5.75 Å². The largest absolute Gasteiger partial charge is 0.493 e. The quantitative estimate of drug-likeness (QED) is 0.738. The maximum Gasteiger partial charge on any atom is 0.203 e. The molecule has 0 aliphatic carbocycles. The summed E-state index contributed by atoms with van der Waals surface area (Å²) >= 11 is 0. The van der Waals surface area contributed by atoms with Crippen LogP contribution in [0.3, 0.4) is 0 Å². The molecule has 0 saturated carbocycles. The number of nitrogens with two attached hydrogens (primary N) is 1. The summed E-state index contributed by atoms with van der Waals surface area (Å²) in [5.74, 6) is 6.87. The van der Waals surface area contributed by atoms with E-state index in [0.717, 1.165) is 5.56 Å². The van der Waals surface area contributed by atoms with Gasteiger partial charge in [-0.1, -0.05) is 6.07 Å². The molecule has 2 N–H and O–H groups in total. The molecule has 0 aliphatic rings. The van der Waals surface area contributed by atoms with Gasteiger partial charge in [0.15, 0.2) is 11.5 Å². The van der Waals surface area contributed by atoms with Gasteiger partial charge in [0, 0.05) is 12.0 Å². The Morgan fingerprint density at radius 3 is 2.19 bits per heavy atom. The highest BCUT2D eigenvalue weighted by Gasteiger charge is 2.15. The predicted molar refractivity (Wildman–Crippen MR) is 59.9 cm³/mol. The van der Waals surface area contributed by atoms with E-state index in [2.05, 4.69) is 4.84 Å². The van der Waals surface area contributed by atoms with Crippen molar-refractivity contribution < 1.29 is 19.0 Å². The van der Waals surface area contributed by atoms with Gasteiger partial charge in [-0.3, -0.25) is 0 Å². The second-order valence-electron chi connectivity index (χ2n) is 3.11. The second-order valence-corrected chi connectivity index (χ2v) is 3.11. The minimum Gasteiger partial charge on any atom is -0.493 e. The summed E-state index contributed by atoms with van der Waals surface area (Å²) in [5, 5.41) is 0. The van der Waals surface area contributed by atoms with Crippen LogP contribution in [0.15, 0.2) is 12.1 Å². The van der Waals surface area contributed by atoms with Gasteiger partial charge < -0.3 is 19.0 Å². The first-order chi connectivity index (χ1) is 7.78. The smallest absolute Gasteiger partial charge is 0.203 e. The van der Waals surface area contributed by atoms with Crippen LogP contribution in [0.4, 0.5) is 0 Å². The molecule has 5 nitrogen and oxygen atoms in total. The van der Waals surface area contributed by atoms with E-state index in [0.29, 0.717) is 30.3 Å². The molecule has 0 fully saturated rings. The van der Waals surface area contributed by atoms with Crippen molar-refractivity contribution >= 4 is 0 Å². The van der Waals surface area contributed by atoms with Crippen molar-refractivity contribution in [2.75, 3.05) is 27.9 Å². The first kappa shape index (κ1) is 12.6. The first-order valence-electron chi connectivity index (χ1n) is 4.88. The Hall–Kier alpha value is -1.46. The van der Waals surface area contributed by atoms with E-state index in [1.165, 1.54) is 0 Å². The van der Waals surface area contributed by atoms with Crippen molar-refractivity contribution in [3.8, 4) is 17.2 Å². The Labute approximate surface area is 95.0 Å². The molecule has 0 aromatic heterocycles. The highest BCUT2D eigenvalue weighted by molar-refractivity contribution is 5.55. The van der Waals surface area contributed by atoms with Crippen molar-refractivity contribution in [3.05, 3.63) is 17.7 Å². The summed E-state index contributed by atoms with van der Waals surface area (Å²) in [6.07, 6.45) is 0.653. The molecule has 0 amide bonds. The Balaban J connectivity index is 3.10. The molecule has 0 saturated heterocycles. The van der Waals surface area contributed by atoms with Gasteiger partial charge in [0.1, 0.15) is 0 Å². The van der Waals surface area contributed by atoms with Crippen molar-refractivity contribution in [2.24, 2.45) is 5.90 Å². The fourth-order valence-electron chi connectivity index (χ4n) is 1.53. The number of ether oxygens (including phenoxy) is 3. The maximum absolute atomic E-state index is 5.31. The van der Waals surface area contributed by atoms with Crippen molar-refractivity contribution in [1.29, 1.82) is 0 Å². The molecule has 16 heavy (non-hydrogen) atoms. The molecule has 0 spiro atoms. The van der Waals surface area contributed by atoms with Crippen LogP contribution in [0.5, 0.6) is 17.2 Å². The van der Waals surface area contributed by atoms with Crippen LogP contribution < -0.4 is 20.1 Å². The van der Waals surface area contributed by atoms with Crippen LogP contribution in [0.2, 0.25) is 0 Å². The zero-order chi connectivity index (χ0) is 12.0. The fourth-order valence-corrected chi connectivity index (χ4v) is 1.53. The molecule has 1 aromatic rings. The fraction of sp³-hybridized carbons (Fsp3) is 0.455. The molecule has 5 heteroatoms. The molecule has 0 unspecified atom stereocenters. The van der Waals surface area contributed by atoms with Gasteiger partial charge in [-0.15, -0.1) is 0 Å². The summed E-state index contributed by atoms with van der Waals surface area (Å²) < 4.78 is 15.7. The lowest BCUT2D eigenvalue weighted by molar-refractivity contribution is 0.140. The molecular weight excluding hydrogens is 210 g/mol. The zero-order valence-corrected chi connectivity index (χ0v) is 9.78. The number of methoxy groups -OCH3 is 3. The Morgan fingerprint density at radius 2 is 1.69 bits per heavy atom. The topological polar surface area (TPSA) is 62.9 Å². The molecule has 0 aliphatic heterocycles. The lowest BCUT2D eigenvalue weighted by atomic mass is 10.1. The summed E-state index contributed by atoms with van der Waals surface area (Å²) in [6, 6.07) is 3.73. The van der Waals surface area contributed by atoms with Gasteiger partial charge in [-0.25, -0.2) is 5.90 Å². The van der Waals surface area contributed by atoms with E-state index < -0.39 is 0 Å². The predicted octanol–water partition coefficient (Wildman–Crippen LogP) is 1.15. The van der Waals surface area contributed by atoms with Gasteiger partial charge in [0.25, 0.3) is 0 Å². The van der Waals surface area contributed by atoms with Crippen LogP contribution >= 0.6 is 0 Å². The molecule has 90 valence electrons. The molecule has 0 bridgehead atoms. The van der Waals surface area contributed by atoms with Crippen LogP contribution in [0.25, 0.3) is 0 Å². The van der Waals surface area contributed by atoms with Crippen LogP contribution in [0, 0.1) is 0 Å². The van der Waals surface area contributed by atoms with Gasteiger partial charge >= 0.3 is 0 Å². The summed E-state index contributed by atoms with van der Waals surface area (Å²) in [7, 11) is 4.74. The van der Waals surface area contributed by atoms with Crippen molar-refractivity contribution in [2.45, 2.75) is 6.42 Å². The lowest BCUT2D eigenvalue weighted by Crippen LogP contribution is -2.06. The number of benzene rings is 1. The highest BCUT2D eigenvalue weighted by Crippen LogP contribution is 2.39. The monoisotopic (exact) mass is 227 g/mol. The SMILES string of the molecule is COc1ccc(CCON)c(OC)c1OC. The van der Waals surface area contributed by atoms with Crippen LogP contribution in [-0.2, 0) is 11.3 Å². The highest BCUT2D eigenvalue weighted by atomic mass is 16.6. The van der Waals surface area contributed by atoms with E-state index in [9.17, 15) is 0 Å². The number of hydrogen-bond acceptors (Lipinski definition) is 5. The summed E-state index contributed by atoms with van der Waals surface area (Å²) in [5.41, 5.74) is 0.964. The van der Waals surface area contributed by atoms with E-state index in [1.807, 2.05) is 12.1 Å². The normalized spacial score (nSPS) is 10.0. The standard InChI is InChI=1S/C11H17NO4/c1-13-9-5-4-8(6-7-16-12)10(14-2)11(9)15-3/h4-5H,6-7,12H2,1-3H3. The van der Waals surface area contributed by atoms with Gasteiger partial charge in [-0.2, -0.15) is 0 Å². The third-order valence-corrected chi connectivity index (χ3v) is 2.27. The minimum atomic E-state index is 0.422. The molecule has 1 aromatic carbocycles. The van der Waals surface area contributed by atoms with E-state index in [1.54, 1.807) is 21.3 Å². The van der Waals surface area contributed by atoms with E-state index in [-0.39, 0.29) is 0 Å². The Bertz CT molecular complexity index is 341. The van der Waals surface area contributed by atoms with Crippen molar-refractivity contribution in [1.82, 2.24) is 0 Å². The zero-order valence-electron chi connectivity index (χ0n) is 9.78. The van der Waals surface area contributed by atoms with E-state index >= 15 is 0 Å². The lowest BCUT2D eigenvalue weighted by Gasteiger charge is -2.15. The molecule has 1 rings (SSSR count). The number of hydrogen-bond donors (Lipinski definition) is 1. The Morgan fingerprint density at radius 1 is 1.00 bits per heavy atom. The molecule has 0 radical (unpaired) electrons. The molecule has 0 heterocycles. The van der Waals surface area contributed by atoms with Crippen molar-refractivity contribution in [3.63, 3.8) is 0 Å². The van der Waals surface area contributed by atoms with E-state index in [4.69, 9.17) is 20.1 Å². The van der Waals surface area contributed by atoms with Crippen LogP contribution in [0.1, 0.15) is 5.56 Å². The maximum atomic E-state index is 5.31. The summed E-state index contributed by atoms with van der Waals surface area (Å²) in [4.78, 5) is 4.55. The third kappa shape index (κ3) is 2.56.